The lowest BCUT2D eigenvalue weighted by molar-refractivity contribution is -0.119. The first-order chi connectivity index (χ1) is 8.57. The Morgan fingerprint density at radius 2 is 2.22 bits per heavy atom. The van der Waals surface area contributed by atoms with Gasteiger partial charge in [0.05, 0.1) is 5.56 Å². The molecular formula is C11H8N4O3. The van der Waals surface area contributed by atoms with Gasteiger partial charge >= 0.3 is 6.21 Å². The van der Waals surface area contributed by atoms with Gasteiger partial charge in [0.25, 0.3) is 17.6 Å². The molecule has 0 saturated carbocycles. The summed E-state index contributed by atoms with van der Waals surface area (Å²) in [5, 5.41) is 0. The Hall–Kier alpha value is -2.66. The first-order valence-electron chi connectivity index (χ1n) is 5.12. The van der Waals surface area contributed by atoms with Crippen molar-refractivity contribution in [3.05, 3.63) is 35.1 Å². The van der Waals surface area contributed by atoms with Crippen molar-refractivity contribution in [2.45, 2.75) is 13.0 Å². The number of rotatable bonds is 3. The Kier molecular flexibility index (Phi) is 2.83. The van der Waals surface area contributed by atoms with E-state index in [0.29, 0.717) is 6.21 Å². The molecule has 1 unspecified atom stereocenters. The van der Waals surface area contributed by atoms with Crippen molar-refractivity contribution in [1.29, 1.82) is 0 Å². The number of pyridine rings is 1. The standard InChI is InChI=1S/C11H8N4O3/c1-6(8(16)5-14-12)15-10(17)7-3-2-4-13-9(7)11(15)18/h2-6H,1H3. The van der Waals surface area contributed by atoms with Gasteiger partial charge in [-0.2, -0.15) is 4.79 Å². The van der Waals surface area contributed by atoms with Crippen LogP contribution in [0.25, 0.3) is 5.53 Å². The van der Waals surface area contributed by atoms with Crippen LogP contribution in [0.2, 0.25) is 0 Å². The molecule has 1 aliphatic heterocycles. The second-order valence-electron chi connectivity index (χ2n) is 3.70. The molecule has 0 spiro atoms. The SMILES string of the molecule is CC(C(=O)C=[N+]=[N-])N1C(=O)c2cccnc2C1=O. The maximum atomic E-state index is 12.0. The molecule has 0 aliphatic carbocycles. The fraction of sp³-hybridized carbons (Fsp3) is 0.182. The van der Waals surface area contributed by atoms with Gasteiger partial charge in [0, 0.05) is 6.20 Å². The Bertz CT molecular complexity index is 569. The minimum atomic E-state index is -1.03. The summed E-state index contributed by atoms with van der Waals surface area (Å²) < 4.78 is 0. The van der Waals surface area contributed by atoms with Crippen LogP contribution in [0.15, 0.2) is 18.3 Å². The van der Waals surface area contributed by atoms with Crippen LogP contribution in [0.4, 0.5) is 0 Å². The Labute approximate surface area is 102 Å². The van der Waals surface area contributed by atoms with Gasteiger partial charge in [-0.1, -0.05) is 0 Å². The van der Waals surface area contributed by atoms with Crippen LogP contribution in [-0.2, 0) is 4.79 Å². The van der Waals surface area contributed by atoms with Crippen molar-refractivity contribution < 1.29 is 19.2 Å². The number of amides is 2. The van der Waals surface area contributed by atoms with Gasteiger partial charge in [0.15, 0.2) is 0 Å². The van der Waals surface area contributed by atoms with Gasteiger partial charge in [0.2, 0.25) is 0 Å². The number of carbonyl (C=O) groups excluding carboxylic acids is 3. The van der Waals surface area contributed by atoms with E-state index in [0.717, 1.165) is 4.90 Å². The normalized spacial score (nSPS) is 15.1. The molecule has 1 atom stereocenters. The number of nitrogens with zero attached hydrogens (tertiary/aromatic N) is 4. The van der Waals surface area contributed by atoms with Crippen molar-refractivity contribution in [1.82, 2.24) is 9.88 Å². The molecule has 7 heteroatoms. The zero-order valence-corrected chi connectivity index (χ0v) is 9.40. The third-order valence-electron chi connectivity index (χ3n) is 2.66. The summed E-state index contributed by atoms with van der Waals surface area (Å²) in [4.78, 5) is 42.6. The average Bonchev–Trinajstić information content (AvgIpc) is 2.62. The number of hydrogen-bond acceptors (Lipinski definition) is 4. The summed E-state index contributed by atoms with van der Waals surface area (Å²) >= 11 is 0. The van der Waals surface area contributed by atoms with Gasteiger partial charge in [0.1, 0.15) is 11.7 Å². The van der Waals surface area contributed by atoms with Gasteiger partial charge in [-0.15, -0.1) is 0 Å². The van der Waals surface area contributed by atoms with Crippen LogP contribution in [0.5, 0.6) is 0 Å². The predicted molar refractivity (Wildman–Crippen MR) is 58.9 cm³/mol. The summed E-state index contributed by atoms with van der Waals surface area (Å²) in [6.45, 7) is 1.38. The number of fused-ring (bicyclic) bond motifs is 1. The molecule has 90 valence electrons. The van der Waals surface area contributed by atoms with E-state index < -0.39 is 23.6 Å². The fourth-order valence-corrected chi connectivity index (χ4v) is 1.73. The average molecular weight is 244 g/mol. The van der Waals surface area contributed by atoms with Crippen LogP contribution in [0.1, 0.15) is 27.8 Å². The third kappa shape index (κ3) is 1.63. The monoisotopic (exact) mass is 244 g/mol. The number of carbonyl (C=O) groups is 3. The van der Waals surface area contributed by atoms with Crippen molar-refractivity contribution in [2.24, 2.45) is 0 Å². The molecule has 18 heavy (non-hydrogen) atoms. The Balaban J connectivity index is 2.40. The molecule has 0 fully saturated rings. The minimum Gasteiger partial charge on any atom is -0.361 e. The topological polar surface area (TPSA) is 104 Å². The summed E-state index contributed by atoms with van der Waals surface area (Å²) in [6, 6.07) is 1.98. The van der Waals surface area contributed by atoms with Crippen molar-refractivity contribution in [2.75, 3.05) is 0 Å². The molecule has 0 aromatic carbocycles. The number of ketones is 1. The lowest BCUT2D eigenvalue weighted by atomic mass is 10.2. The van der Waals surface area contributed by atoms with E-state index in [1.165, 1.54) is 25.3 Å². The van der Waals surface area contributed by atoms with E-state index in [1.807, 2.05) is 0 Å². The molecule has 0 radical (unpaired) electrons. The lowest BCUT2D eigenvalue weighted by Crippen LogP contribution is -2.43. The van der Waals surface area contributed by atoms with E-state index >= 15 is 0 Å². The van der Waals surface area contributed by atoms with Crippen LogP contribution in [0, 0.1) is 0 Å². The van der Waals surface area contributed by atoms with Gasteiger partial charge in [-0.3, -0.25) is 24.3 Å². The van der Waals surface area contributed by atoms with E-state index in [9.17, 15) is 14.4 Å². The van der Waals surface area contributed by atoms with Crippen LogP contribution in [0.3, 0.4) is 0 Å². The van der Waals surface area contributed by atoms with E-state index in [-0.39, 0.29) is 11.3 Å². The smallest absolute Gasteiger partial charge is 0.325 e. The molecule has 0 saturated heterocycles. The van der Waals surface area contributed by atoms with E-state index in [4.69, 9.17) is 5.53 Å². The van der Waals surface area contributed by atoms with Gasteiger partial charge in [-0.05, 0) is 19.1 Å². The molecule has 1 aromatic heterocycles. The summed E-state index contributed by atoms with van der Waals surface area (Å²) in [5.74, 6) is -1.84. The molecular weight excluding hydrogens is 236 g/mol. The van der Waals surface area contributed by atoms with Crippen molar-refractivity contribution >= 4 is 23.8 Å². The molecule has 7 nitrogen and oxygen atoms in total. The zero-order valence-electron chi connectivity index (χ0n) is 9.40. The zero-order chi connectivity index (χ0) is 13.3. The second-order valence-corrected chi connectivity index (χ2v) is 3.70. The maximum Gasteiger partial charge on any atom is 0.325 e. The van der Waals surface area contributed by atoms with Gasteiger partial charge in [-0.25, -0.2) is 0 Å². The van der Waals surface area contributed by atoms with E-state index in [2.05, 4.69) is 9.77 Å². The van der Waals surface area contributed by atoms with Gasteiger partial charge < -0.3 is 5.53 Å². The Morgan fingerprint density at radius 1 is 1.50 bits per heavy atom. The largest absolute Gasteiger partial charge is 0.361 e. The first kappa shape index (κ1) is 11.8. The predicted octanol–water partition coefficient (Wildman–Crippen LogP) is -0.0642. The molecule has 2 rings (SSSR count). The lowest BCUT2D eigenvalue weighted by Gasteiger charge is -2.17. The highest BCUT2D eigenvalue weighted by molar-refractivity contribution is 6.31. The maximum absolute atomic E-state index is 12.0. The fourth-order valence-electron chi connectivity index (χ4n) is 1.73. The quantitative estimate of drug-likeness (QED) is 0.321. The van der Waals surface area contributed by atoms with Crippen LogP contribution in [-0.4, -0.2) is 44.5 Å². The highest BCUT2D eigenvalue weighted by Gasteiger charge is 2.42. The molecule has 2 amide bonds. The van der Waals surface area contributed by atoms with Crippen LogP contribution < -0.4 is 0 Å². The van der Waals surface area contributed by atoms with Crippen molar-refractivity contribution in [3.63, 3.8) is 0 Å². The van der Waals surface area contributed by atoms with E-state index in [1.54, 1.807) is 0 Å². The molecule has 1 aliphatic rings. The molecule has 0 N–H and O–H groups in total. The highest BCUT2D eigenvalue weighted by atomic mass is 16.2. The molecule has 1 aromatic rings. The summed E-state index contributed by atoms with van der Waals surface area (Å²) in [5.41, 5.74) is 8.48. The Morgan fingerprint density at radius 3 is 2.83 bits per heavy atom. The van der Waals surface area contributed by atoms with Crippen LogP contribution >= 0.6 is 0 Å². The number of hydrogen-bond donors (Lipinski definition) is 0. The minimum absolute atomic E-state index is 0.0306. The highest BCUT2D eigenvalue weighted by Crippen LogP contribution is 2.22. The second kappa shape index (κ2) is 4.31. The summed E-state index contributed by atoms with van der Waals surface area (Å²) in [7, 11) is 0. The summed E-state index contributed by atoms with van der Waals surface area (Å²) in [6.07, 6.45) is 2.05. The van der Waals surface area contributed by atoms with Crippen molar-refractivity contribution in [3.8, 4) is 0 Å². The first-order valence-corrected chi connectivity index (χ1v) is 5.12. The molecule has 2 heterocycles. The number of Topliss-reactive ketones (excluding diaryl/α,β-unsaturated/α-hetero) is 1. The molecule has 0 bridgehead atoms. The number of aromatic nitrogens is 1. The number of imide groups is 1. The third-order valence-corrected chi connectivity index (χ3v) is 2.66.